The Hall–Kier alpha value is -4.68. The Morgan fingerprint density at radius 2 is 1.13 bits per heavy atom. The number of hydrogen-bond donors (Lipinski definition) is 3. The number of aliphatic carboxylic acids is 1. The van der Waals surface area contributed by atoms with Crippen molar-refractivity contribution < 1.29 is 53.1 Å². The Balaban J connectivity index is 0.000000177. The molecule has 4 aromatic carbocycles. The molecule has 1 aliphatic heterocycles. The number of rotatable bonds is 8. The van der Waals surface area contributed by atoms with Crippen LogP contribution < -0.4 is 28.4 Å². The van der Waals surface area contributed by atoms with Gasteiger partial charge in [0.1, 0.15) is 55.8 Å². The van der Waals surface area contributed by atoms with Gasteiger partial charge in [0.15, 0.2) is 0 Å². The molecule has 4 aromatic heterocycles. The van der Waals surface area contributed by atoms with Gasteiger partial charge in [0.2, 0.25) is 12.1 Å². The van der Waals surface area contributed by atoms with Crippen LogP contribution in [0.15, 0.2) is 109 Å². The van der Waals surface area contributed by atoms with Gasteiger partial charge in [-0.3, -0.25) is 14.6 Å². The first-order valence-electron chi connectivity index (χ1n) is 20.5. The van der Waals surface area contributed by atoms with Crippen molar-refractivity contribution in [2.75, 3.05) is 35.0 Å². The van der Waals surface area contributed by atoms with Crippen molar-refractivity contribution in [3.63, 3.8) is 0 Å². The summed E-state index contributed by atoms with van der Waals surface area (Å²) in [5.41, 5.74) is 0. The molecule has 1 saturated heterocycles. The van der Waals surface area contributed by atoms with E-state index in [4.69, 9.17) is 81.7 Å². The molecule has 8 aromatic rings. The van der Waals surface area contributed by atoms with Crippen LogP contribution in [0.3, 0.4) is 0 Å². The van der Waals surface area contributed by atoms with Gasteiger partial charge in [-0.1, -0.05) is 46.4 Å². The minimum Gasteiger partial charge on any atom is -0.497 e. The number of fused-ring (bicyclic) bond motifs is 4. The lowest BCUT2D eigenvalue weighted by Gasteiger charge is -2.21. The zero-order chi connectivity index (χ0) is 52.2. The molecule has 374 valence electrons. The molecule has 9 rings (SSSR count). The minimum atomic E-state index is -3.22. The Morgan fingerprint density at radius 1 is 0.676 bits per heavy atom. The van der Waals surface area contributed by atoms with Crippen LogP contribution in [0.25, 0.3) is 43.1 Å². The number of carboxylic acid groups (broad SMARTS) is 1. The fourth-order valence-corrected chi connectivity index (χ4v) is 8.14. The SMILES string of the molecule is COc1ccc2c(Cl)[n+](O)ccc2c1.COc1ccc2c(Cl)nc(Cl)cc2c1.COc1ccc2c(Cl)nccc2c1.COc1ccc2c(O[C@@H]3C[C@@H](C(=O)O)N(B(C)O)C3)nc(Cl)cc2c1.O=P(Cl)(Cl)Cl. The predicted molar refractivity (Wildman–Crippen MR) is 284 cm³/mol. The molecule has 5 heterocycles. The van der Waals surface area contributed by atoms with Gasteiger partial charge in [0.05, 0.1) is 33.8 Å². The van der Waals surface area contributed by atoms with Gasteiger partial charge in [-0.25, -0.2) is 15.0 Å². The summed E-state index contributed by atoms with van der Waals surface area (Å²) in [6.45, 7) is 1.83. The van der Waals surface area contributed by atoms with Crippen molar-refractivity contribution in [1.29, 1.82) is 0 Å². The molecule has 25 heteroatoms. The number of halogens is 8. The highest BCUT2D eigenvalue weighted by atomic mass is 36.0. The third kappa shape index (κ3) is 16.4. The first-order valence-corrected chi connectivity index (χ1v) is 26.9. The molecule has 71 heavy (non-hydrogen) atoms. The fraction of sp³-hybridized carbons (Fsp3) is 0.196. The van der Waals surface area contributed by atoms with Crippen LogP contribution in [-0.4, -0.2) is 95.3 Å². The molecular weight excluding hydrogens is 1110 g/mol. The molecular formula is C46H42BCl8N5O10P+. The average molecular weight is 1150 g/mol. The number of nitrogens with zero attached hydrogens (tertiary/aromatic N) is 5. The Morgan fingerprint density at radius 3 is 1.62 bits per heavy atom. The number of hydrogen-bond acceptors (Lipinski definition) is 13. The summed E-state index contributed by atoms with van der Waals surface area (Å²) in [4.78, 5) is 25.1. The van der Waals surface area contributed by atoms with Crippen LogP contribution in [0.4, 0.5) is 0 Å². The number of benzene rings is 4. The maximum Gasteiger partial charge on any atom is 0.377 e. The number of methoxy groups -OCH3 is 4. The quantitative estimate of drug-likeness (QED) is 0.0429. The maximum absolute atomic E-state index is 11.4. The largest absolute Gasteiger partial charge is 0.497 e. The second-order valence-corrected chi connectivity index (χ2v) is 23.3. The van der Waals surface area contributed by atoms with Crippen LogP contribution in [0, 0.1) is 0 Å². The lowest BCUT2D eigenvalue weighted by atomic mass is 9.84. The second kappa shape index (κ2) is 26.3. The zero-order valence-electron chi connectivity index (χ0n) is 37.9. The fourth-order valence-electron chi connectivity index (χ4n) is 6.98. The van der Waals surface area contributed by atoms with Crippen molar-refractivity contribution in [3.8, 4) is 28.9 Å². The van der Waals surface area contributed by atoms with Crippen molar-refractivity contribution >= 4 is 153 Å². The molecule has 2 atom stereocenters. The van der Waals surface area contributed by atoms with Gasteiger partial charge in [0.25, 0.3) is 0 Å². The molecule has 15 nitrogen and oxygen atoms in total. The second-order valence-electron chi connectivity index (χ2n) is 14.8. The summed E-state index contributed by atoms with van der Waals surface area (Å²) in [6.07, 6.45) is 3.02. The van der Waals surface area contributed by atoms with Gasteiger partial charge in [-0.05, 0) is 165 Å². The van der Waals surface area contributed by atoms with Gasteiger partial charge in [-0.2, -0.15) is 0 Å². The Labute approximate surface area is 447 Å². The molecule has 0 aliphatic carbocycles. The van der Waals surface area contributed by atoms with Crippen molar-refractivity contribution in [2.45, 2.75) is 25.4 Å². The third-order valence-corrected chi connectivity index (χ3v) is 11.6. The number of aromatic nitrogens is 4. The first kappa shape index (κ1) is 57.2. The standard InChI is InChI=1S/C16H18BClN2O5.C10H7Cl2NO.C10H9ClNO2.C10H8ClNO.Cl3OP/c1-17(23)20-8-11(7-13(20)16(21)22)25-15-12-4-3-10(24-2)5-9(12)6-14(18)19-15;1-14-7-2-3-8-6(4-7)5-9(11)13-10(8)12;1-14-8-2-3-9-7(6-8)4-5-12(13)10(9)11;1-13-8-2-3-9-7(6-8)4-5-12-10(9)11;1-5(2,3)4/h3-6,11,13,23H,7-8H2,1-2H3,(H,21,22);2-5H,1H3;2-6,13H,1H3;2-6H,1H3;/q;;+1;;/t11-,13+;;;;/m1..../s1. The van der Waals surface area contributed by atoms with Crippen LogP contribution in [-0.2, 0) is 9.36 Å². The molecule has 0 spiro atoms. The molecule has 0 radical (unpaired) electrons. The average Bonchev–Trinajstić information content (AvgIpc) is 3.77. The van der Waals surface area contributed by atoms with E-state index in [1.54, 1.807) is 65.0 Å². The van der Waals surface area contributed by atoms with Crippen LogP contribution >= 0.6 is 96.9 Å². The van der Waals surface area contributed by atoms with Gasteiger partial charge in [0, 0.05) is 46.1 Å². The smallest absolute Gasteiger partial charge is 0.377 e. The van der Waals surface area contributed by atoms with E-state index in [1.165, 1.54) is 17.8 Å². The molecule has 0 saturated carbocycles. The van der Waals surface area contributed by atoms with E-state index in [9.17, 15) is 24.7 Å². The normalized spacial score (nSPS) is 14.1. The zero-order valence-corrected chi connectivity index (χ0v) is 44.9. The minimum absolute atomic E-state index is 0.256. The first-order chi connectivity index (χ1) is 33.6. The lowest BCUT2D eigenvalue weighted by molar-refractivity contribution is -0.902. The summed E-state index contributed by atoms with van der Waals surface area (Å²) >= 11 is 43.4. The summed E-state index contributed by atoms with van der Waals surface area (Å²) in [5.74, 6) is 2.41. The van der Waals surface area contributed by atoms with Crippen molar-refractivity contribution in [3.05, 3.63) is 135 Å². The van der Waals surface area contributed by atoms with E-state index in [2.05, 4.69) is 48.7 Å². The Kier molecular flexibility index (Phi) is 21.2. The van der Waals surface area contributed by atoms with E-state index in [1.807, 2.05) is 66.7 Å². The highest BCUT2D eigenvalue weighted by Crippen LogP contribution is 2.61. The highest BCUT2D eigenvalue weighted by Gasteiger charge is 2.41. The van der Waals surface area contributed by atoms with Crippen LogP contribution in [0.5, 0.6) is 28.9 Å². The van der Waals surface area contributed by atoms with Crippen molar-refractivity contribution in [1.82, 2.24) is 19.8 Å². The van der Waals surface area contributed by atoms with Crippen molar-refractivity contribution in [2.24, 2.45) is 0 Å². The van der Waals surface area contributed by atoms with Gasteiger partial charge >= 0.3 is 23.4 Å². The van der Waals surface area contributed by atoms with Crippen LogP contribution in [0.1, 0.15) is 6.42 Å². The molecule has 0 amide bonds. The number of carbonyl (C=O) groups is 1. The molecule has 0 unspecified atom stereocenters. The highest BCUT2D eigenvalue weighted by molar-refractivity contribution is 8.24. The summed E-state index contributed by atoms with van der Waals surface area (Å²) in [7, 11) is 5.58. The van der Waals surface area contributed by atoms with Gasteiger partial charge < -0.3 is 38.6 Å². The summed E-state index contributed by atoms with van der Waals surface area (Å²) < 4.78 is 36.8. The number of pyridine rings is 4. The lowest BCUT2D eigenvalue weighted by Crippen LogP contribution is -2.45. The monoisotopic (exact) mass is 1150 g/mol. The number of ether oxygens (including phenoxy) is 5. The maximum atomic E-state index is 11.4. The van der Waals surface area contributed by atoms with E-state index in [0.29, 0.717) is 38.8 Å². The van der Waals surface area contributed by atoms with E-state index in [-0.39, 0.29) is 11.6 Å². The third-order valence-electron chi connectivity index (χ3n) is 10.3. The van der Waals surface area contributed by atoms with E-state index >= 15 is 0 Å². The number of carboxylic acids is 1. The predicted octanol–water partition coefficient (Wildman–Crippen LogP) is 13.2. The molecule has 0 bridgehead atoms. The summed E-state index contributed by atoms with van der Waals surface area (Å²) in [6, 6.07) is 28.5. The van der Waals surface area contributed by atoms with Crippen LogP contribution in [0.2, 0.25) is 32.6 Å². The topological polar surface area (TPSA) is 187 Å². The molecule has 1 fully saturated rings. The Bertz CT molecular complexity index is 3190. The molecule has 1 aliphatic rings. The van der Waals surface area contributed by atoms with Gasteiger partial charge in [-0.15, -0.1) is 0 Å². The summed E-state index contributed by atoms with van der Waals surface area (Å²) in [5, 5.41) is 34.2. The van der Waals surface area contributed by atoms with E-state index in [0.717, 1.165) is 65.1 Å². The van der Waals surface area contributed by atoms with E-state index < -0.39 is 30.4 Å². The molecule has 3 N–H and O–H groups in total.